The lowest BCUT2D eigenvalue weighted by Gasteiger charge is -2.09. The quantitative estimate of drug-likeness (QED) is 0.833. The van der Waals surface area contributed by atoms with Gasteiger partial charge < -0.3 is 20.5 Å². The Morgan fingerprint density at radius 3 is 2.71 bits per heavy atom. The molecule has 0 heterocycles. The van der Waals surface area contributed by atoms with Crippen LogP contribution in [0.5, 0.6) is 11.5 Å². The number of nitrogens with one attached hydrogen (secondary N) is 1. The molecule has 0 aliphatic rings. The molecule has 2 aromatic carbocycles. The predicted octanol–water partition coefficient (Wildman–Crippen LogP) is 2.95. The molecule has 0 radical (unpaired) electrons. The van der Waals surface area contributed by atoms with E-state index in [4.69, 9.17) is 26.8 Å². The number of rotatable bonds is 5. The fraction of sp³-hybridized carbons (Fsp3) is 0.133. The second-order valence-electron chi connectivity index (χ2n) is 4.25. The van der Waals surface area contributed by atoms with Crippen molar-refractivity contribution in [2.75, 3.05) is 24.8 Å². The van der Waals surface area contributed by atoms with Gasteiger partial charge in [-0.2, -0.15) is 0 Å². The average molecular weight is 307 g/mol. The number of nitrogen functional groups attached to an aromatic ring is 1. The van der Waals surface area contributed by atoms with Crippen molar-refractivity contribution in [1.29, 1.82) is 0 Å². The molecule has 0 unspecified atom stereocenters. The normalized spacial score (nSPS) is 10.0. The number of halogens is 1. The van der Waals surface area contributed by atoms with Crippen molar-refractivity contribution in [1.82, 2.24) is 0 Å². The Balaban J connectivity index is 1.91. The Bertz CT molecular complexity index is 647. The third kappa shape index (κ3) is 4.29. The van der Waals surface area contributed by atoms with Gasteiger partial charge in [0.1, 0.15) is 11.5 Å². The summed E-state index contributed by atoms with van der Waals surface area (Å²) in [4.78, 5) is 11.8. The smallest absolute Gasteiger partial charge is 0.262 e. The molecule has 0 atom stereocenters. The summed E-state index contributed by atoms with van der Waals surface area (Å²) < 4.78 is 10.5. The number of nitrogens with two attached hydrogens (primary N) is 1. The van der Waals surface area contributed by atoms with Crippen molar-refractivity contribution in [2.45, 2.75) is 0 Å². The van der Waals surface area contributed by atoms with Gasteiger partial charge in [-0.1, -0.05) is 17.7 Å². The van der Waals surface area contributed by atoms with Crippen LogP contribution in [0.4, 0.5) is 11.4 Å². The molecule has 1 amide bonds. The Hall–Kier alpha value is -2.40. The van der Waals surface area contributed by atoms with Gasteiger partial charge >= 0.3 is 0 Å². The number of amides is 1. The van der Waals surface area contributed by atoms with E-state index in [2.05, 4.69) is 5.32 Å². The zero-order valence-electron chi connectivity index (χ0n) is 11.4. The lowest BCUT2D eigenvalue weighted by molar-refractivity contribution is -0.118. The van der Waals surface area contributed by atoms with Gasteiger partial charge in [-0.25, -0.2) is 0 Å². The number of carbonyl (C=O) groups excluding carboxylic acids is 1. The maximum Gasteiger partial charge on any atom is 0.262 e. The number of carbonyl (C=O) groups is 1. The summed E-state index contributed by atoms with van der Waals surface area (Å²) in [5.74, 6) is 0.929. The first-order chi connectivity index (χ1) is 10.1. The Morgan fingerprint density at radius 2 is 2.00 bits per heavy atom. The van der Waals surface area contributed by atoms with E-state index in [-0.39, 0.29) is 12.5 Å². The molecule has 0 bridgehead atoms. The van der Waals surface area contributed by atoms with Gasteiger partial charge in [-0.15, -0.1) is 0 Å². The Morgan fingerprint density at radius 1 is 1.24 bits per heavy atom. The van der Waals surface area contributed by atoms with Gasteiger partial charge in [0.25, 0.3) is 5.91 Å². The standard InChI is InChI=1S/C15H15ClN2O3/c1-20-11-3-2-4-12(8-11)21-9-15(19)18-10-5-6-13(16)14(17)7-10/h2-8H,9,17H2,1H3,(H,18,19). The number of benzene rings is 2. The van der Waals surface area contributed by atoms with Gasteiger partial charge in [0, 0.05) is 11.8 Å². The van der Waals surface area contributed by atoms with E-state index in [0.29, 0.717) is 27.9 Å². The van der Waals surface area contributed by atoms with Gasteiger partial charge in [0.05, 0.1) is 17.8 Å². The van der Waals surface area contributed by atoms with Crippen molar-refractivity contribution < 1.29 is 14.3 Å². The highest BCUT2D eigenvalue weighted by molar-refractivity contribution is 6.33. The molecule has 0 aromatic heterocycles. The van der Waals surface area contributed by atoms with Crippen molar-refractivity contribution in [3.63, 3.8) is 0 Å². The molecule has 5 nitrogen and oxygen atoms in total. The lowest BCUT2D eigenvalue weighted by atomic mass is 10.3. The van der Waals surface area contributed by atoms with Gasteiger partial charge in [-0.3, -0.25) is 4.79 Å². The van der Waals surface area contributed by atoms with Gasteiger partial charge in [-0.05, 0) is 30.3 Å². The highest BCUT2D eigenvalue weighted by atomic mass is 35.5. The number of methoxy groups -OCH3 is 1. The van der Waals surface area contributed by atoms with E-state index < -0.39 is 0 Å². The third-order valence-electron chi connectivity index (χ3n) is 2.69. The highest BCUT2D eigenvalue weighted by Gasteiger charge is 2.06. The molecule has 6 heteroatoms. The van der Waals surface area contributed by atoms with E-state index >= 15 is 0 Å². The molecule has 2 rings (SSSR count). The summed E-state index contributed by atoms with van der Waals surface area (Å²) in [5.41, 5.74) is 6.64. The molecule has 0 saturated carbocycles. The molecule has 0 fully saturated rings. The maximum atomic E-state index is 11.8. The fourth-order valence-corrected chi connectivity index (χ4v) is 1.78. The summed E-state index contributed by atoms with van der Waals surface area (Å²) in [5, 5.41) is 3.12. The molecule has 110 valence electrons. The van der Waals surface area contributed by atoms with Crippen LogP contribution in [-0.2, 0) is 4.79 Å². The molecule has 3 N–H and O–H groups in total. The molecule has 0 saturated heterocycles. The number of anilines is 2. The number of hydrogen-bond acceptors (Lipinski definition) is 4. The van der Waals surface area contributed by atoms with E-state index in [0.717, 1.165) is 0 Å². The van der Waals surface area contributed by atoms with E-state index in [9.17, 15) is 4.79 Å². The maximum absolute atomic E-state index is 11.8. The zero-order valence-corrected chi connectivity index (χ0v) is 12.2. The van der Waals surface area contributed by atoms with E-state index in [1.54, 1.807) is 49.6 Å². The summed E-state index contributed by atoms with van der Waals surface area (Å²) >= 11 is 5.81. The van der Waals surface area contributed by atoms with Gasteiger partial charge in [0.15, 0.2) is 6.61 Å². The van der Waals surface area contributed by atoms with Crippen molar-refractivity contribution in [2.24, 2.45) is 0 Å². The second-order valence-corrected chi connectivity index (χ2v) is 4.66. The van der Waals surface area contributed by atoms with Crippen LogP contribution < -0.4 is 20.5 Å². The monoisotopic (exact) mass is 306 g/mol. The lowest BCUT2D eigenvalue weighted by Crippen LogP contribution is -2.20. The molecule has 2 aromatic rings. The SMILES string of the molecule is COc1cccc(OCC(=O)Nc2ccc(Cl)c(N)c2)c1. The molecule has 0 spiro atoms. The molecular formula is C15H15ClN2O3. The minimum atomic E-state index is -0.292. The van der Waals surface area contributed by atoms with Crippen molar-refractivity contribution >= 4 is 28.9 Å². The van der Waals surface area contributed by atoms with Crippen LogP contribution in [0.2, 0.25) is 5.02 Å². The molecular weight excluding hydrogens is 292 g/mol. The molecule has 0 aliphatic heterocycles. The van der Waals surface area contributed by atoms with Crippen molar-refractivity contribution in [3.05, 3.63) is 47.5 Å². The van der Waals surface area contributed by atoms with Crippen LogP contribution in [0, 0.1) is 0 Å². The van der Waals surface area contributed by atoms with E-state index in [1.165, 1.54) is 0 Å². The second kappa shape index (κ2) is 6.85. The largest absolute Gasteiger partial charge is 0.497 e. The first-order valence-corrected chi connectivity index (χ1v) is 6.58. The van der Waals surface area contributed by atoms with Crippen LogP contribution >= 0.6 is 11.6 Å². The van der Waals surface area contributed by atoms with Crippen LogP contribution in [0.25, 0.3) is 0 Å². The molecule has 0 aliphatic carbocycles. The number of ether oxygens (including phenoxy) is 2. The summed E-state index contributed by atoms with van der Waals surface area (Å²) in [7, 11) is 1.57. The fourth-order valence-electron chi connectivity index (χ4n) is 1.66. The summed E-state index contributed by atoms with van der Waals surface area (Å²) in [6.07, 6.45) is 0. The van der Waals surface area contributed by atoms with Crippen molar-refractivity contribution in [3.8, 4) is 11.5 Å². The predicted molar refractivity (Wildman–Crippen MR) is 83.0 cm³/mol. The van der Waals surface area contributed by atoms with Crippen LogP contribution in [0.15, 0.2) is 42.5 Å². The average Bonchev–Trinajstić information content (AvgIpc) is 2.49. The number of hydrogen-bond donors (Lipinski definition) is 2. The summed E-state index contributed by atoms with van der Waals surface area (Å²) in [6.45, 7) is -0.115. The molecule has 21 heavy (non-hydrogen) atoms. The Kier molecular flexibility index (Phi) is 4.90. The van der Waals surface area contributed by atoms with Crippen LogP contribution in [0.1, 0.15) is 0 Å². The minimum Gasteiger partial charge on any atom is -0.497 e. The van der Waals surface area contributed by atoms with Crippen LogP contribution in [0.3, 0.4) is 0 Å². The van der Waals surface area contributed by atoms with Crippen LogP contribution in [-0.4, -0.2) is 19.6 Å². The Labute approximate surface area is 127 Å². The zero-order chi connectivity index (χ0) is 15.2. The first-order valence-electron chi connectivity index (χ1n) is 6.20. The van der Waals surface area contributed by atoms with Gasteiger partial charge in [0.2, 0.25) is 0 Å². The minimum absolute atomic E-state index is 0.115. The first kappa shape index (κ1) is 15.0. The third-order valence-corrected chi connectivity index (χ3v) is 3.04. The highest BCUT2D eigenvalue weighted by Crippen LogP contribution is 2.22. The van der Waals surface area contributed by atoms with E-state index in [1.807, 2.05) is 0 Å². The summed E-state index contributed by atoms with van der Waals surface area (Å²) in [6, 6.07) is 11.9. The topological polar surface area (TPSA) is 73.6 Å².